The minimum atomic E-state index is -3.86. The van der Waals surface area contributed by atoms with Crippen LogP contribution in [0.2, 0.25) is 0 Å². The zero-order valence-electron chi connectivity index (χ0n) is 15.1. The third-order valence-electron chi connectivity index (χ3n) is 4.10. The van der Waals surface area contributed by atoms with Gasteiger partial charge in [-0.1, -0.05) is 18.6 Å². The van der Waals surface area contributed by atoms with Crippen LogP contribution in [0.15, 0.2) is 29.2 Å². The molecule has 10 heteroatoms. The van der Waals surface area contributed by atoms with E-state index in [1.165, 1.54) is 35.5 Å². The van der Waals surface area contributed by atoms with Crippen molar-refractivity contribution in [1.82, 2.24) is 9.62 Å². The molecule has 1 atom stereocenters. The average Bonchev–Trinajstić information content (AvgIpc) is 2.68. The maximum Gasteiger partial charge on any atom is 0.413 e. The fourth-order valence-corrected chi connectivity index (χ4v) is 4.33. The highest BCUT2D eigenvalue weighted by atomic mass is 32.2. The molecule has 0 bridgehead atoms. The van der Waals surface area contributed by atoms with Gasteiger partial charge in [0, 0.05) is 13.1 Å². The fourth-order valence-electron chi connectivity index (χ4n) is 2.64. The van der Waals surface area contributed by atoms with Crippen molar-refractivity contribution in [3.05, 3.63) is 29.8 Å². The molecule has 2 rings (SSSR count). The van der Waals surface area contributed by atoms with Crippen molar-refractivity contribution in [2.45, 2.75) is 37.2 Å². The minimum Gasteiger partial charge on any atom is -0.453 e. The third-order valence-corrected chi connectivity index (χ3v) is 6.06. The molecular weight excluding hydrogens is 376 g/mol. The van der Waals surface area contributed by atoms with E-state index in [-0.39, 0.29) is 10.5 Å². The van der Waals surface area contributed by atoms with Crippen LogP contribution in [0.4, 0.5) is 4.79 Å². The number of sulfonamides is 1. The van der Waals surface area contributed by atoms with E-state index in [0.29, 0.717) is 13.1 Å². The molecule has 1 aliphatic rings. The molecule has 0 saturated carbocycles. The van der Waals surface area contributed by atoms with Gasteiger partial charge >= 0.3 is 12.1 Å². The Morgan fingerprint density at radius 2 is 1.74 bits per heavy atom. The number of amides is 2. The molecule has 2 amide bonds. The maximum absolute atomic E-state index is 12.9. The lowest BCUT2D eigenvalue weighted by molar-refractivity contribution is -0.128. The van der Waals surface area contributed by atoms with Crippen LogP contribution in [0.1, 0.15) is 36.5 Å². The predicted molar refractivity (Wildman–Crippen MR) is 94.5 cm³/mol. The Kier molecular flexibility index (Phi) is 6.92. The summed E-state index contributed by atoms with van der Waals surface area (Å²) in [6, 6.07) is 5.68. The molecule has 9 nitrogen and oxygen atoms in total. The largest absolute Gasteiger partial charge is 0.453 e. The zero-order chi connectivity index (χ0) is 20.0. The van der Waals surface area contributed by atoms with Crippen molar-refractivity contribution in [2.75, 3.05) is 20.2 Å². The molecule has 1 heterocycles. The van der Waals surface area contributed by atoms with E-state index in [2.05, 4.69) is 4.74 Å². The summed E-state index contributed by atoms with van der Waals surface area (Å²) in [6.45, 7) is 2.05. The number of carbonyl (C=O) groups excluding carboxylic acids is 3. The van der Waals surface area contributed by atoms with E-state index in [9.17, 15) is 22.8 Å². The first-order valence-electron chi connectivity index (χ1n) is 8.46. The quantitative estimate of drug-likeness (QED) is 0.742. The van der Waals surface area contributed by atoms with Gasteiger partial charge in [0.15, 0.2) is 6.10 Å². The molecule has 0 unspecified atom stereocenters. The molecule has 1 N–H and O–H groups in total. The highest BCUT2D eigenvalue weighted by Crippen LogP contribution is 2.24. The number of nitrogens with zero attached hydrogens (tertiary/aromatic N) is 1. The number of ether oxygens (including phenoxy) is 2. The summed E-state index contributed by atoms with van der Waals surface area (Å²) in [7, 11) is -2.77. The Bertz CT molecular complexity index is 816. The molecule has 1 aliphatic heterocycles. The number of rotatable bonds is 5. The molecule has 1 aromatic carbocycles. The summed E-state index contributed by atoms with van der Waals surface area (Å²) in [5, 5.41) is 1.88. The predicted octanol–water partition coefficient (Wildman–Crippen LogP) is 1.29. The molecule has 0 aromatic heterocycles. The number of methoxy groups -OCH3 is 1. The highest BCUT2D eigenvalue weighted by molar-refractivity contribution is 7.89. The Morgan fingerprint density at radius 3 is 2.37 bits per heavy atom. The smallest absolute Gasteiger partial charge is 0.413 e. The van der Waals surface area contributed by atoms with Gasteiger partial charge in [0.1, 0.15) is 0 Å². The fraction of sp³-hybridized carbons (Fsp3) is 0.471. The highest BCUT2D eigenvalue weighted by Gasteiger charge is 2.31. The molecule has 1 fully saturated rings. The van der Waals surface area contributed by atoms with Gasteiger partial charge in [-0.25, -0.2) is 18.0 Å². The topological polar surface area (TPSA) is 119 Å². The Balaban J connectivity index is 2.20. The van der Waals surface area contributed by atoms with Crippen LogP contribution < -0.4 is 5.32 Å². The van der Waals surface area contributed by atoms with Gasteiger partial charge < -0.3 is 9.47 Å². The lowest BCUT2D eigenvalue weighted by Crippen LogP contribution is -2.40. The van der Waals surface area contributed by atoms with Gasteiger partial charge in [0.05, 0.1) is 17.6 Å². The van der Waals surface area contributed by atoms with E-state index in [4.69, 9.17) is 4.74 Å². The molecule has 1 saturated heterocycles. The second kappa shape index (κ2) is 8.96. The standard InChI is InChI=1S/C17H22N2O7S/c1-12(15(20)18-17(22)25-2)26-16(21)13-8-4-5-9-14(13)27(23,24)19-10-6-3-7-11-19/h4-5,8-9,12H,3,6-7,10-11H2,1-2H3,(H,18,20,22)/t12-/m0/s1. The van der Waals surface area contributed by atoms with Crippen molar-refractivity contribution in [2.24, 2.45) is 0 Å². The number of nitrogens with one attached hydrogen (secondary N) is 1. The van der Waals surface area contributed by atoms with Crippen molar-refractivity contribution < 1.29 is 32.3 Å². The van der Waals surface area contributed by atoms with E-state index in [1.807, 2.05) is 5.32 Å². The number of imide groups is 1. The summed E-state index contributed by atoms with van der Waals surface area (Å²) in [4.78, 5) is 35.2. The molecular formula is C17H22N2O7S. The number of alkyl carbamates (subject to hydrolysis) is 1. The summed E-state index contributed by atoms with van der Waals surface area (Å²) in [5.74, 6) is -1.86. The number of esters is 1. The number of hydrogen-bond donors (Lipinski definition) is 1. The molecule has 0 spiro atoms. The average molecular weight is 398 g/mol. The second-order valence-electron chi connectivity index (χ2n) is 5.99. The van der Waals surface area contributed by atoms with Crippen LogP contribution in [0.25, 0.3) is 0 Å². The van der Waals surface area contributed by atoms with Crippen LogP contribution in [-0.2, 0) is 24.3 Å². The number of benzene rings is 1. The first-order chi connectivity index (χ1) is 12.8. The van der Waals surface area contributed by atoms with Gasteiger partial charge in [-0.2, -0.15) is 4.31 Å². The summed E-state index contributed by atoms with van der Waals surface area (Å²) < 4.78 is 36.5. The van der Waals surface area contributed by atoms with Gasteiger partial charge in [-0.05, 0) is 31.9 Å². The summed E-state index contributed by atoms with van der Waals surface area (Å²) >= 11 is 0. The Morgan fingerprint density at radius 1 is 1.11 bits per heavy atom. The number of piperidine rings is 1. The zero-order valence-corrected chi connectivity index (χ0v) is 16.0. The first kappa shape index (κ1) is 20.8. The lowest BCUT2D eigenvalue weighted by Gasteiger charge is -2.26. The van der Waals surface area contributed by atoms with E-state index in [1.54, 1.807) is 0 Å². The number of hydrogen-bond acceptors (Lipinski definition) is 7. The SMILES string of the molecule is COC(=O)NC(=O)[C@H](C)OC(=O)c1ccccc1S(=O)(=O)N1CCCCC1. The maximum atomic E-state index is 12.9. The third kappa shape index (κ3) is 5.04. The monoisotopic (exact) mass is 398 g/mol. The lowest BCUT2D eigenvalue weighted by atomic mass is 10.2. The van der Waals surface area contributed by atoms with Gasteiger partial charge in [0.25, 0.3) is 5.91 Å². The first-order valence-corrected chi connectivity index (χ1v) is 9.90. The molecule has 0 radical (unpaired) electrons. The Labute approximate surface area is 157 Å². The van der Waals surface area contributed by atoms with Gasteiger partial charge in [-0.15, -0.1) is 0 Å². The molecule has 27 heavy (non-hydrogen) atoms. The second-order valence-corrected chi connectivity index (χ2v) is 7.90. The Hall–Kier alpha value is -2.46. The summed E-state index contributed by atoms with van der Waals surface area (Å²) in [6.07, 6.45) is 0.175. The van der Waals surface area contributed by atoms with Crippen LogP contribution in [-0.4, -0.2) is 57.0 Å². The molecule has 148 valence electrons. The molecule has 1 aromatic rings. The van der Waals surface area contributed by atoms with Crippen molar-refractivity contribution in [1.29, 1.82) is 0 Å². The van der Waals surface area contributed by atoms with Crippen LogP contribution in [0, 0.1) is 0 Å². The van der Waals surface area contributed by atoms with E-state index < -0.39 is 34.1 Å². The van der Waals surface area contributed by atoms with Crippen LogP contribution >= 0.6 is 0 Å². The van der Waals surface area contributed by atoms with Gasteiger partial charge in [-0.3, -0.25) is 10.1 Å². The minimum absolute atomic E-state index is 0.166. The summed E-state index contributed by atoms with van der Waals surface area (Å²) in [5.41, 5.74) is -0.166. The van der Waals surface area contributed by atoms with Crippen LogP contribution in [0.3, 0.4) is 0 Å². The normalized spacial score (nSPS) is 16.2. The molecule has 0 aliphatic carbocycles. The van der Waals surface area contributed by atoms with Crippen molar-refractivity contribution >= 4 is 28.0 Å². The van der Waals surface area contributed by atoms with E-state index >= 15 is 0 Å². The van der Waals surface area contributed by atoms with Crippen molar-refractivity contribution in [3.8, 4) is 0 Å². The van der Waals surface area contributed by atoms with Crippen molar-refractivity contribution in [3.63, 3.8) is 0 Å². The van der Waals surface area contributed by atoms with Crippen LogP contribution in [0.5, 0.6) is 0 Å². The van der Waals surface area contributed by atoms with E-state index in [0.717, 1.165) is 26.4 Å². The van der Waals surface area contributed by atoms with Gasteiger partial charge in [0.2, 0.25) is 10.0 Å². The number of carbonyl (C=O) groups is 3.